The summed E-state index contributed by atoms with van der Waals surface area (Å²) in [4.78, 5) is 8.76. The van der Waals surface area contributed by atoms with Gasteiger partial charge in [-0.15, -0.1) is 0 Å². The first-order chi connectivity index (χ1) is 12.7. The molecule has 0 spiro atoms. The van der Waals surface area contributed by atoms with E-state index in [0.717, 1.165) is 11.1 Å². The Morgan fingerprint density at radius 3 is 2.12 bits per heavy atom. The number of nitrogens with one attached hydrogen (secondary N) is 1. The van der Waals surface area contributed by atoms with Gasteiger partial charge in [0.05, 0.1) is 22.3 Å². The van der Waals surface area contributed by atoms with Crippen LogP contribution in [0.1, 0.15) is 28.9 Å². The Bertz CT molecular complexity index is 857. The average molecular weight is 425 g/mol. The zero-order chi connectivity index (χ0) is 18.4. The van der Waals surface area contributed by atoms with E-state index in [1.54, 1.807) is 6.20 Å². The van der Waals surface area contributed by atoms with Crippen molar-refractivity contribution in [3.8, 4) is 6.07 Å². The van der Waals surface area contributed by atoms with E-state index in [0.29, 0.717) is 15.3 Å². The van der Waals surface area contributed by atoms with Gasteiger partial charge < -0.3 is 0 Å². The summed E-state index contributed by atoms with van der Waals surface area (Å²) in [5, 5.41) is 13.9. The van der Waals surface area contributed by atoms with E-state index >= 15 is 0 Å². The lowest BCUT2D eigenvalue weighted by Crippen LogP contribution is -2.27. The third-order valence-corrected chi connectivity index (χ3v) is 5.11. The highest BCUT2D eigenvalue weighted by molar-refractivity contribution is 9.10. The number of nitriles is 1. The van der Waals surface area contributed by atoms with Crippen LogP contribution in [0.4, 0.5) is 0 Å². The molecule has 0 saturated heterocycles. The first-order valence-corrected chi connectivity index (χ1v) is 10.1. The van der Waals surface area contributed by atoms with Crippen LogP contribution in [0.5, 0.6) is 0 Å². The highest BCUT2D eigenvalue weighted by atomic mass is 79.9. The molecule has 4 nitrogen and oxygen atoms in total. The molecule has 0 aliphatic carbocycles. The topological polar surface area (TPSA) is 61.6 Å². The standard InChI is InChI=1S/C20H17BrN4S/c1-26-20-23-13-16(21)19(25-20)17(12-22)24-18(14-8-4-2-5-9-14)15-10-6-3-7-11-15/h2-11,13,17-18,24H,1H3. The molecule has 3 aromatic rings. The molecular formula is C20H17BrN4S. The monoisotopic (exact) mass is 424 g/mol. The van der Waals surface area contributed by atoms with Crippen molar-refractivity contribution in [1.29, 1.82) is 5.26 Å². The molecule has 1 atom stereocenters. The quantitative estimate of drug-likeness (QED) is 0.450. The van der Waals surface area contributed by atoms with Gasteiger partial charge in [-0.1, -0.05) is 72.4 Å². The summed E-state index contributed by atoms with van der Waals surface area (Å²) in [6.07, 6.45) is 3.61. The van der Waals surface area contributed by atoms with Crippen molar-refractivity contribution in [1.82, 2.24) is 15.3 Å². The maximum absolute atomic E-state index is 9.81. The van der Waals surface area contributed by atoms with Crippen LogP contribution in [0.25, 0.3) is 0 Å². The molecule has 0 bridgehead atoms. The second-order valence-corrected chi connectivity index (χ2v) is 7.20. The Morgan fingerprint density at radius 2 is 1.62 bits per heavy atom. The van der Waals surface area contributed by atoms with Gasteiger partial charge in [0.2, 0.25) is 0 Å². The fraction of sp³-hybridized carbons (Fsp3) is 0.150. The van der Waals surface area contributed by atoms with Gasteiger partial charge in [-0.3, -0.25) is 5.32 Å². The molecule has 3 rings (SSSR count). The average Bonchev–Trinajstić information content (AvgIpc) is 2.71. The number of thioether (sulfide) groups is 1. The number of rotatable bonds is 6. The zero-order valence-electron chi connectivity index (χ0n) is 14.1. The third-order valence-electron chi connectivity index (χ3n) is 3.93. The molecule has 0 aliphatic heterocycles. The molecule has 0 saturated carbocycles. The SMILES string of the molecule is CSc1ncc(Br)c(C(C#N)NC(c2ccccc2)c2ccccc2)n1. The van der Waals surface area contributed by atoms with Crippen molar-refractivity contribution in [2.24, 2.45) is 0 Å². The van der Waals surface area contributed by atoms with Gasteiger partial charge in [-0.2, -0.15) is 5.26 Å². The minimum absolute atomic E-state index is 0.123. The molecule has 0 amide bonds. The van der Waals surface area contributed by atoms with Crippen LogP contribution in [0, 0.1) is 11.3 Å². The zero-order valence-corrected chi connectivity index (χ0v) is 16.5. The second-order valence-electron chi connectivity index (χ2n) is 5.57. The first kappa shape index (κ1) is 18.6. The minimum Gasteiger partial charge on any atom is -0.286 e. The molecule has 1 aromatic heterocycles. The van der Waals surface area contributed by atoms with Crippen LogP contribution in [-0.4, -0.2) is 16.2 Å². The molecule has 2 aromatic carbocycles. The van der Waals surface area contributed by atoms with Crippen molar-refractivity contribution in [3.63, 3.8) is 0 Å². The summed E-state index contributed by atoms with van der Waals surface area (Å²) in [6.45, 7) is 0. The van der Waals surface area contributed by atoms with Crippen LogP contribution in [0.3, 0.4) is 0 Å². The van der Waals surface area contributed by atoms with Gasteiger partial charge in [0.1, 0.15) is 6.04 Å². The van der Waals surface area contributed by atoms with E-state index in [1.165, 1.54) is 11.8 Å². The number of hydrogen-bond donors (Lipinski definition) is 1. The Labute approximate surface area is 165 Å². The molecule has 1 unspecified atom stereocenters. The molecular weight excluding hydrogens is 408 g/mol. The summed E-state index contributed by atoms with van der Waals surface area (Å²) >= 11 is 4.93. The van der Waals surface area contributed by atoms with Crippen molar-refractivity contribution in [2.75, 3.05) is 6.26 Å². The number of hydrogen-bond acceptors (Lipinski definition) is 5. The van der Waals surface area contributed by atoms with E-state index in [9.17, 15) is 5.26 Å². The maximum Gasteiger partial charge on any atom is 0.187 e. The Kier molecular flexibility index (Phi) is 6.40. The Hall–Kier alpha value is -2.20. The number of benzene rings is 2. The van der Waals surface area contributed by atoms with Gasteiger partial charge in [-0.25, -0.2) is 9.97 Å². The lowest BCUT2D eigenvalue weighted by Gasteiger charge is -2.23. The predicted octanol–water partition coefficient (Wildman–Crippen LogP) is 4.90. The van der Waals surface area contributed by atoms with Gasteiger partial charge in [-0.05, 0) is 33.3 Å². The van der Waals surface area contributed by atoms with E-state index < -0.39 is 6.04 Å². The molecule has 0 fully saturated rings. The largest absolute Gasteiger partial charge is 0.286 e. The van der Waals surface area contributed by atoms with E-state index in [1.807, 2.05) is 42.7 Å². The molecule has 1 heterocycles. The van der Waals surface area contributed by atoms with E-state index in [4.69, 9.17) is 0 Å². The van der Waals surface area contributed by atoms with Crippen LogP contribution in [0.15, 0.2) is 76.5 Å². The van der Waals surface area contributed by atoms with Crippen molar-refractivity contribution in [3.05, 3.63) is 88.2 Å². The van der Waals surface area contributed by atoms with Crippen molar-refractivity contribution >= 4 is 27.7 Å². The summed E-state index contributed by atoms with van der Waals surface area (Å²) in [7, 11) is 0. The molecule has 1 N–H and O–H groups in total. The summed E-state index contributed by atoms with van der Waals surface area (Å²) in [5.74, 6) is 0. The van der Waals surface area contributed by atoms with Crippen molar-refractivity contribution < 1.29 is 0 Å². The second kappa shape index (κ2) is 8.95. The maximum atomic E-state index is 9.81. The first-order valence-electron chi connectivity index (χ1n) is 8.05. The lowest BCUT2D eigenvalue weighted by molar-refractivity contribution is 0.543. The molecule has 0 aliphatic rings. The minimum atomic E-state index is -0.580. The van der Waals surface area contributed by atoms with Gasteiger partial charge in [0.15, 0.2) is 5.16 Å². The fourth-order valence-corrected chi connectivity index (χ4v) is 3.45. The summed E-state index contributed by atoms with van der Waals surface area (Å²) in [6, 6.07) is 21.8. The van der Waals surface area contributed by atoms with Gasteiger partial charge in [0.25, 0.3) is 0 Å². The molecule has 26 heavy (non-hydrogen) atoms. The van der Waals surface area contributed by atoms with Crippen LogP contribution >= 0.6 is 27.7 Å². The predicted molar refractivity (Wildman–Crippen MR) is 108 cm³/mol. The van der Waals surface area contributed by atoms with Gasteiger partial charge in [0, 0.05) is 6.20 Å². The molecule has 6 heteroatoms. The summed E-state index contributed by atoms with van der Waals surface area (Å²) < 4.78 is 0.717. The Morgan fingerprint density at radius 1 is 1.04 bits per heavy atom. The highest BCUT2D eigenvalue weighted by Crippen LogP contribution is 2.28. The summed E-state index contributed by atoms with van der Waals surface area (Å²) in [5.41, 5.74) is 2.83. The van der Waals surface area contributed by atoms with Gasteiger partial charge >= 0.3 is 0 Å². The molecule has 130 valence electrons. The lowest BCUT2D eigenvalue weighted by atomic mass is 9.97. The number of halogens is 1. The van der Waals surface area contributed by atoms with E-state index in [2.05, 4.69) is 61.5 Å². The number of nitrogens with zero attached hydrogens (tertiary/aromatic N) is 3. The fourth-order valence-electron chi connectivity index (χ4n) is 2.68. The molecule has 0 radical (unpaired) electrons. The van der Waals surface area contributed by atoms with Crippen molar-refractivity contribution in [2.45, 2.75) is 17.2 Å². The van der Waals surface area contributed by atoms with Crippen LogP contribution in [-0.2, 0) is 0 Å². The van der Waals surface area contributed by atoms with E-state index in [-0.39, 0.29) is 6.04 Å². The normalized spacial score (nSPS) is 11.9. The number of aromatic nitrogens is 2. The third kappa shape index (κ3) is 4.31. The Balaban J connectivity index is 1.99. The van der Waals surface area contributed by atoms with Crippen LogP contribution in [0.2, 0.25) is 0 Å². The highest BCUT2D eigenvalue weighted by Gasteiger charge is 2.23. The smallest absolute Gasteiger partial charge is 0.187 e. The van der Waals surface area contributed by atoms with Crippen LogP contribution < -0.4 is 5.32 Å².